The van der Waals surface area contributed by atoms with Gasteiger partial charge in [-0.3, -0.25) is 4.79 Å². The van der Waals surface area contributed by atoms with Crippen LogP contribution in [-0.2, 0) is 0 Å². The second kappa shape index (κ2) is 5.04. The summed E-state index contributed by atoms with van der Waals surface area (Å²) >= 11 is 0. The van der Waals surface area contributed by atoms with Gasteiger partial charge < -0.3 is 15.1 Å². The van der Waals surface area contributed by atoms with Crippen LogP contribution in [-0.4, -0.2) is 39.7 Å². The number of phenols is 1. The quantitative estimate of drug-likeness (QED) is 0.911. The number of amides is 1. The topological polar surface area (TPSA) is 60.8 Å². The van der Waals surface area contributed by atoms with Crippen LogP contribution in [0, 0.1) is 0 Å². The van der Waals surface area contributed by atoms with E-state index < -0.39 is 5.60 Å². The van der Waals surface area contributed by atoms with Crippen LogP contribution >= 0.6 is 0 Å². The highest BCUT2D eigenvalue weighted by Gasteiger charge is 2.43. The summed E-state index contributed by atoms with van der Waals surface area (Å²) in [6, 6.07) is 10.9. The maximum absolute atomic E-state index is 12.4. The maximum Gasteiger partial charge on any atom is 0.257 e. The Hall–Kier alpha value is -2.07. The lowest BCUT2D eigenvalue weighted by atomic mass is 9.88. The van der Waals surface area contributed by atoms with Gasteiger partial charge in [-0.25, -0.2) is 0 Å². The van der Waals surface area contributed by atoms with Crippen molar-refractivity contribution in [2.45, 2.75) is 25.4 Å². The minimum absolute atomic E-state index is 0.0176. The van der Waals surface area contributed by atoms with Gasteiger partial charge in [0.1, 0.15) is 5.75 Å². The van der Waals surface area contributed by atoms with Crippen molar-refractivity contribution < 1.29 is 15.0 Å². The first kappa shape index (κ1) is 13.9. The summed E-state index contributed by atoms with van der Waals surface area (Å²) in [5.74, 6) is -0.205. The van der Waals surface area contributed by atoms with Crippen LogP contribution in [0.2, 0.25) is 0 Å². The second-order valence-electron chi connectivity index (χ2n) is 5.82. The van der Waals surface area contributed by atoms with E-state index in [1.54, 1.807) is 17.0 Å². The highest BCUT2D eigenvalue weighted by molar-refractivity contribution is 6.03. The average Bonchev–Trinajstić information content (AvgIpc) is 2.45. The molecule has 0 atom stereocenters. The van der Waals surface area contributed by atoms with Crippen molar-refractivity contribution in [2.75, 3.05) is 13.1 Å². The first-order chi connectivity index (χ1) is 10.0. The number of phenolic OH excluding ortho intramolecular Hbond substituents is 1. The van der Waals surface area contributed by atoms with E-state index in [4.69, 9.17) is 0 Å². The Kier molecular flexibility index (Phi) is 3.33. The van der Waals surface area contributed by atoms with Gasteiger partial charge in [0.2, 0.25) is 0 Å². The Labute approximate surface area is 123 Å². The van der Waals surface area contributed by atoms with Gasteiger partial charge in [-0.05, 0) is 17.9 Å². The van der Waals surface area contributed by atoms with E-state index in [0.29, 0.717) is 30.5 Å². The van der Waals surface area contributed by atoms with E-state index in [9.17, 15) is 15.0 Å². The molecule has 4 heteroatoms. The SMILES string of the molecule is CCCC1(O)CN(C(=O)c2ccc3ccccc3c2O)C1. The molecule has 0 radical (unpaired) electrons. The van der Waals surface area contributed by atoms with Crippen LogP contribution < -0.4 is 0 Å². The molecule has 3 rings (SSSR count). The van der Waals surface area contributed by atoms with E-state index in [1.165, 1.54) is 0 Å². The van der Waals surface area contributed by atoms with E-state index in [-0.39, 0.29) is 11.7 Å². The monoisotopic (exact) mass is 285 g/mol. The number of carbonyl (C=O) groups is 1. The van der Waals surface area contributed by atoms with Crippen molar-refractivity contribution in [3.8, 4) is 5.75 Å². The number of likely N-dealkylation sites (tertiary alicyclic amines) is 1. The predicted molar refractivity (Wildman–Crippen MR) is 81.4 cm³/mol. The fourth-order valence-electron chi connectivity index (χ4n) is 3.03. The largest absolute Gasteiger partial charge is 0.506 e. The molecule has 1 aliphatic heterocycles. The first-order valence-corrected chi connectivity index (χ1v) is 7.26. The number of nitrogens with zero attached hydrogens (tertiary/aromatic N) is 1. The molecule has 2 aromatic carbocycles. The summed E-state index contributed by atoms with van der Waals surface area (Å²) in [7, 11) is 0. The Morgan fingerprint density at radius 1 is 1.24 bits per heavy atom. The molecular weight excluding hydrogens is 266 g/mol. The number of β-amino-alcohol motifs (C(OH)–C–C–N with tert-alkyl or cyclic N) is 1. The summed E-state index contributed by atoms with van der Waals surface area (Å²) in [6.45, 7) is 2.69. The minimum Gasteiger partial charge on any atom is -0.506 e. The molecule has 0 saturated carbocycles. The number of fused-ring (bicyclic) bond motifs is 1. The number of benzene rings is 2. The van der Waals surface area contributed by atoms with Crippen LogP contribution in [0.15, 0.2) is 36.4 Å². The molecule has 1 amide bonds. The number of rotatable bonds is 3. The number of aromatic hydroxyl groups is 1. The van der Waals surface area contributed by atoms with E-state index in [2.05, 4.69) is 0 Å². The number of aliphatic hydroxyl groups is 1. The number of hydrogen-bond acceptors (Lipinski definition) is 3. The van der Waals surface area contributed by atoms with Crippen molar-refractivity contribution in [2.24, 2.45) is 0 Å². The van der Waals surface area contributed by atoms with Gasteiger partial charge in [0, 0.05) is 5.39 Å². The molecule has 1 saturated heterocycles. The molecule has 4 nitrogen and oxygen atoms in total. The zero-order chi connectivity index (χ0) is 15.0. The summed E-state index contributed by atoms with van der Waals surface area (Å²) in [6.07, 6.45) is 1.58. The van der Waals surface area contributed by atoms with Crippen LogP contribution in [0.5, 0.6) is 5.75 Å². The van der Waals surface area contributed by atoms with Gasteiger partial charge in [0.15, 0.2) is 0 Å². The van der Waals surface area contributed by atoms with Crippen molar-refractivity contribution in [3.63, 3.8) is 0 Å². The van der Waals surface area contributed by atoms with Crippen molar-refractivity contribution in [1.29, 1.82) is 0 Å². The number of hydrogen-bond donors (Lipinski definition) is 2. The molecule has 0 unspecified atom stereocenters. The van der Waals surface area contributed by atoms with Gasteiger partial charge >= 0.3 is 0 Å². The highest BCUT2D eigenvalue weighted by Crippen LogP contribution is 2.33. The Morgan fingerprint density at radius 3 is 2.67 bits per heavy atom. The molecule has 1 heterocycles. The predicted octanol–water partition coefficient (Wildman–Crippen LogP) is 2.53. The number of carbonyl (C=O) groups excluding carboxylic acids is 1. The van der Waals surface area contributed by atoms with Crippen LogP contribution in [0.3, 0.4) is 0 Å². The molecule has 1 fully saturated rings. The fourth-order valence-corrected chi connectivity index (χ4v) is 3.03. The third-order valence-electron chi connectivity index (χ3n) is 4.10. The molecule has 0 aromatic heterocycles. The van der Waals surface area contributed by atoms with Gasteiger partial charge in [-0.2, -0.15) is 0 Å². The van der Waals surface area contributed by atoms with Gasteiger partial charge in [0.05, 0.1) is 24.3 Å². The lowest BCUT2D eigenvalue weighted by Gasteiger charge is -2.46. The molecule has 0 aliphatic carbocycles. The first-order valence-electron chi connectivity index (χ1n) is 7.26. The summed E-state index contributed by atoms with van der Waals surface area (Å²) in [4.78, 5) is 14.0. The average molecular weight is 285 g/mol. The molecule has 110 valence electrons. The molecule has 2 N–H and O–H groups in total. The Bertz CT molecular complexity index is 689. The summed E-state index contributed by atoms with van der Waals surface area (Å²) < 4.78 is 0. The summed E-state index contributed by atoms with van der Waals surface area (Å²) in [5, 5.41) is 22.0. The second-order valence-corrected chi connectivity index (χ2v) is 5.82. The van der Waals surface area contributed by atoms with Crippen molar-refractivity contribution in [3.05, 3.63) is 42.0 Å². The van der Waals surface area contributed by atoms with E-state index >= 15 is 0 Å². The van der Waals surface area contributed by atoms with E-state index in [1.807, 2.05) is 31.2 Å². The lowest BCUT2D eigenvalue weighted by molar-refractivity contribution is -0.0860. The minimum atomic E-state index is -0.753. The van der Waals surface area contributed by atoms with Crippen LogP contribution in [0.4, 0.5) is 0 Å². The zero-order valence-electron chi connectivity index (χ0n) is 12.0. The van der Waals surface area contributed by atoms with Gasteiger partial charge in [-0.15, -0.1) is 0 Å². The fraction of sp³-hybridized carbons (Fsp3) is 0.353. The third kappa shape index (κ3) is 2.36. The van der Waals surface area contributed by atoms with Gasteiger partial charge in [0.25, 0.3) is 5.91 Å². The normalized spacial score (nSPS) is 16.8. The Morgan fingerprint density at radius 2 is 1.95 bits per heavy atom. The van der Waals surface area contributed by atoms with Gasteiger partial charge in [-0.1, -0.05) is 43.7 Å². The van der Waals surface area contributed by atoms with Crippen molar-refractivity contribution >= 4 is 16.7 Å². The zero-order valence-corrected chi connectivity index (χ0v) is 12.0. The van der Waals surface area contributed by atoms with Crippen LogP contribution in [0.25, 0.3) is 10.8 Å². The van der Waals surface area contributed by atoms with Crippen molar-refractivity contribution in [1.82, 2.24) is 4.90 Å². The molecular formula is C17H19NO3. The molecule has 1 aliphatic rings. The molecule has 21 heavy (non-hydrogen) atoms. The Balaban J connectivity index is 1.85. The lowest BCUT2D eigenvalue weighted by Crippen LogP contribution is -2.63. The van der Waals surface area contributed by atoms with E-state index in [0.717, 1.165) is 11.8 Å². The maximum atomic E-state index is 12.4. The summed E-state index contributed by atoms with van der Waals surface area (Å²) in [5.41, 5.74) is -0.455. The smallest absolute Gasteiger partial charge is 0.257 e. The molecule has 0 spiro atoms. The standard InChI is InChI=1S/C17H19NO3/c1-2-9-17(21)10-18(11-17)16(20)14-8-7-12-5-3-4-6-13(12)15(14)19/h3-8,19,21H,2,9-11H2,1H3. The highest BCUT2D eigenvalue weighted by atomic mass is 16.3. The molecule has 2 aromatic rings. The van der Waals surface area contributed by atoms with Crippen LogP contribution in [0.1, 0.15) is 30.1 Å². The molecule has 0 bridgehead atoms. The third-order valence-corrected chi connectivity index (χ3v) is 4.10.